The van der Waals surface area contributed by atoms with Gasteiger partial charge in [0.15, 0.2) is 0 Å². The van der Waals surface area contributed by atoms with Crippen molar-refractivity contribution in [3.05, 3.63) is 29.8 Å². The average molecular weight is 264 g/mol. The van der Waals surface area contributed by atoms with Gasteiger partial charge in [0.05, 0.1) is 7.11 Å². The van der Waals surface area contributed by atoms with E-state index >= 15 is 0 Å². The minimum atomic E-state index is -0.0405. The molecule has 0 N–H and O–H groups in total. The standard InChI is InChI=1S/C16H28N2O/c1-7-17(4)12-13-18(5)16(2,3)14-10-8-9-11-15(14)19-6/h8-11H,7,12-13H2,1-6H3. The molecule has 3 nitrogen and oxygen atoms in total. The number of nitrogens with zero attached hydrogens (tertiary/aromatic N) is 2. The summed E-state index contributed by atoms with van der Waals surface area (Å²) in [6, 6.07) is 8.27. The summed E-state index contributed by atoms with van der Waals surface area (Å²) < 4.78 is 5.49. The fourth-order valence-electron chi connectivity index (χ4n) is 2.11. The molecule has 3 heteroatoms. The van der Waals surface area contributed by atoms with Gasteiger partial charge in [-0.25, -0.2) is 0 Å². The smallest absolute Gasteiger partial charge is 0.123 e. The van der Waals surface area contributed by atoms with Gasteiger partial charge in [0.25, 0.3) is 0 Å². The van der Waals surface area contributed by atoms with Crippen LogP contribution in [0.5, 0.6) is 5.75 Å². The van der Waals surface area contributed by atoms with Crippen LogP contribution in [0.15, 0.2) is 24.3 Å². The third-order valence-corrected chi connectivity index (χ3v) is 4.08. The van der Waals surface area contributed by atoms with Crippen LogP contribution in [0.25, 0.3) is 0 Å². The van der Waals surface area contributed by atoms with Gasteiger partial charge in [-0.05, 0) is 40.6 Å². The van der Waals surface area contributed by atoms with Crippen molar-refractivity contribution in [1.29, 1.82) is 0 Å². The first kappa shape index (κ1) is 16.0. The Morgan fingerprint density at radius 1 is 1.11 bits per heavy atom. The third kappa shape index (κ3) is 3.95. The molecule has 0 amide bonds. The number of likely N-dealkylation sites (N-methyl/N-ethyl adjacent to an activating group) is 2. The summed E-state index contributed by atoms with van der Waals surface area (Å²) in [5.41, 5.74) is 1.19. The number of methoxy groups -OCH3 is 1. The highest BCUT2D eigenvalue weighted by Crippen LogP contribution is 2.33. The minimum absolute atomic E-state index is 0.0405. The lowest BCUT2D eigenvalue weighted by molar-refractivity contribution is 0.136. The van der Waals surface area contributed by atoms with Crippen molar-refractivity contribution in [2.45, 2.75) is 26.3 Å². The highest BCUT2D eigenvalue weighted by molar-refractivity contribution is 5.38. The second-order valence-corrected chi connectivity index (χ2v) is 5.58. The summed E-state index contributed by atoms with van der Waals surface area (Å²) >= 11 is 0. The van der Waals surface area contributed by atoms with Crippen LogP contribution in [-0.4, -0.2) is 50.6 Å². The summed E-state index contributed by atoms with van der Waals surface area (Å²) in [5, 5.41) is 0. The van der Waals surface area contributed by atoms with Crippen LogP contribution in [0.4, 0.5) is 0 Å². The molecule has 0 saturated carbocycles. The number of rotatable bonds is 7. The lowest BCUT2D eigenvalue weighted by atomic mass is 9.91. The summed E-state index contributed by atoms with van der Waals surface area (Å²) in [5.74, 6) is 0.961. The van der Waals surface area contributed by atoms with Crippen molar-refractivity contribution in [3.63, 3.8) is 0 Å². The Balaban J connectivity index is 2.83. The summed E-state index contributed by atoms with van der Waals surface area (Å²) in [7, 11) is 6.07. The Hall–Kier alpha value is -1.06. The Morgan fingerprint density at radius 3 is 2.32 bits per heavy atom. The molecule has 0 atom stereocenters. The first-order valence-electron chi connectivity index (χ1n) is 6.96. The van der Waals surface area contributed by atoms with Gasteiger partial charge in [0.1, 0.15) is 5.75 Å². The van der Waals surface area contributed by atoms with Crippen molar-refractivity contribution in [2.75, 3.05) is 40.8 Å². The quantitative estimate of drug-likeness (QED) is 0.753. The zero-order chi connectivity index (χ0) is 14.5. The molecule has 0 aliphatic rings. The molecule has 0 bridgehead atoms. The molecule has 0 aliphatic carbocycles. The fourth-order valence-corrected chi connectivity index (χ4v) is 2.11. The zero-order valence-corrected chi connectivity index (χ0v) is 13.2. The minimum Gasteiger partial charge on any atom is -0.496 e. The van der Waals surface area contributed by atoms with E-state index in [1.807, 2.05) is 12.1 Å². The van der Waals surface area contributed by atoms with Crippen LogP contribution >= 0.6 is 0 Å². The third-order valence-electron chi connectivity index (χ3n) is 4.08. The average Bonchev–Trinajstić information content (AvgIpc) is 2.43. The Labute approximate surface area is 118 Å². The first-order chi connectivity index (χ1) is 8.93. The van der Waals surface area contributed by atoms with E-state index in [-0.39, 0.29) is 5.54 Å². The van der Waals surface area contributed by atoms with Gasteiger partial charge in [-0.3, -0.25) is 4.90 Å². The predicted molar refractivity (Wildman–Crippen MR) is 81.8 cm³/mol. The molecule has 0 heterocycles. The van der Waals surface area contributed by atoms with Gasteiger partial charge < -0.3 is 9.64 Å². The van der Waals surface area contributed by atoms with E-state index in [0.717, 1.165) is 25.4 Å². The summed E-state index contributed by atoms with van der Waals surface area (Å²) in [4.78, 5) is 4.71. The van der Waals surface area contributed by atoms with E-state index in [1.165, 1.54) is 5.56 Å². The normalized spacial score (nSPS) is 12.2. The number of ether oxygens (including phenoxy) is 1. The van der Waals surface area contributed by atoms with Gasteiger partial charge in [-0.2, -0.15) is 0 Å². The largest absolute Gasteiger partial charge is 0.496 e. The molecule has 1 rings (SSSR count). The van der Waals surface area contributed by atoms with Crippen molar-refractivity contribution in [1.82, 2.24) is 9.80 Å². The Bertz CT molecular complexity index is 390. The van der Waals surface area contributed by atoms with E-state index in [4.69, 9.17) is 4.74 Å². The Morgan fingerprint density at radius 2 is 1.74 bits per heavy atom. The molecule has 0 aromatic heterocycles. The number of para-hydroxylation sites is 1. The summed E-state index contributed by atoms with van der Waals surface area (Å²) in [6.07, 6.45) is 0. The van der Waals surface area contributed by atoms with Crippen LogP contribution in [0.3, 0.4) is 0 Å². The number of hydrogen-bond donors (Lipinski definition) is 0. The van der Waals surface area contributed by atoms with Gasteiger partial charge in [-0.1, -0.05) is 25.1 Å². The van der Waals surface area contributed by atoms with Crippen molar-refractivity contribution < 1.29 is 4.74 Å². The van der Waals surface area contributed by atoms with Gasteiger partial charge in [-0.15, -0.1) is 0 Å². The highest BCUT2D eigenvalue weighted by atomic mass is 16.5. The second-order valence-electron chi connectivity index (χ2n) is 5.58. The first-order valence-corrected chi connectivity index (χ1v) is 6.96. The molecule has 19 heavy (non-hydrogen) atoms. The molecule has 0 radical (unpaired) electrons. The molecule has 0 unspecified atom stereocenters. The number of hydrogen-bond acceptors (Lipinski definition) is 3. The van der Waals surface area contributed by atoms with E-state index in [2.05, 4.69) is 56.8 Å². The van der Waals surface area contributed by atoms with E-state index in [9.17, 15) is 0 Å². The van der Waals surface area contributed by atoms with Crippen LogP contribution in [0.1, 0.15) is 26.3 Å². The molecule has 108 valence electrons. The maximum Gasteiger partial charge on any atom is 0.123 e. The molecule has 0 fully saturated rings. The maximum atomic E-state index is 5.49. The Kier molecular flexibility index (Phi) is 5.83. The molecule has 0 aliphatic heterocycles. The van der Waals surface area contributed by atoms with E-state index < -0.39 is 0 Å². The zero-order valence-electron chi connectivity index (χ0n) is 13.2. The molecule has 0 spiro atoms. The summed E-state index contributed by atoms with van der Waals surface area (Å²) in [6.45, 7) is 9.88. The van der Waals surface area contributed by atoms with Gasteiger partial charge >= 0.3 is 0 Å². The van der Waals surface area contributed by atoms with E-state index in [0.29, 0.717) is 0 Å². The highest BCUT2D eigenvalue weighted by Gasteiger charge is 2.28. The van der Waals surface area contributed by atoms with Crippen LogP contribution in [0.2, 0.25) is 0 Å². The second kappa shape index (κ2) is 6.92. The van der Waals surface area contributed by atoms with Gasteiger partial charge in [0.2, 0.25) is 0 Å². The topological polar surface area (TPSA) is 15.7 Å². The van der Waals surface area contributed by atoms with E-state index in [1.54, 1.807) is 7.11 Å². The lowest BCUT2D eigenvalue weighted by Crippen LogP contribution is -2.42. The number of benzene rings is 1. The lowest BCUT2D eigenvalue weighted by Gasteiger charge is -2.37. The van der Waals surface area contributed by atoms with Crippen molar-refractivity contribution >= 4 is 0 Å². The molecule has 1 aromatic rings. The van der Waals surface area contributed by atoms with Gasteiger partial charge in [0, 0.05) is 24.2 Å². The molecule has 1 aromatic carbocycles. The maximum absolute atomic E-state index is 5.49. The molecule has 0 saturated heterocycles. The van der Waals surface area contributed by atoms with Crippen LogP contribution < -0.4 is 4.74 Å². The predicted octanol–water partition coefficient (Wildman–Crippen LogP) is 2.81. The van der Waals surface area contributed by atoms with Crippen molar-refractivity contribution in [2.24, 2.45) is 0 Å². The monoisotopic (exact) mass is 264 g/mol. The van der Waals surface area contributed by atoms with Crippen LogP contribution in [-0.2, 0) is 5.54 Å². The van der Waals surface area contributed by atoms with Crippen LogP contribution in [0, 0.1) is 0 Å². The van der Waals surface area contributed by atoms with Crippen molar-refractivity contribution in [3.8, 4) is 5.75 Å². The SMILES string of the molecule is CCN(C)CCN(C)C(C)(C)c1ccccc1OC. The molecular weight excluding hydrogens is 236 g/mol. The fraction of sp³-hybridized carbons (Fsp3) is 0.625. The molecular formula is C16H28N2O.